The standard InChI is InChI=1S/C22H29N3O2S/c1-16-23-19(15-28-16)14-27-21-7-5-6-17(12-21)22(26)24-18-8-9-20(13-18)25-10-3-2-4-11-25/h5-7,12,15,18,20H,2-4,8-11,13-14H2,1H3,(H,24,26)/t18-,20+/m1/s1. The smallest absolute Gasteiger partial charge is 0.251 e. The lowest BCUT2D eigenvalue weighted by atomic mass is 10.1. The molecule has 1 aromatic carbocycles. The number of aryl methyl sites for hydroxylation is 1. The van der Waals surface area contributed by atoms with Gasteiger partial charge in [-0.2, -0.15) is 0 Å². The van der Waals surface area contributed by atoms with Gasteiger partial charge in [-0.1, -0.05) is 12.5 Å². The highest BCUT2D eigenvalue weighted by atomic mass is 32.1. The van der Waals surface area contributed by atoms with Crippen molar-refractivity contribution < 1.29 is 9.53 Å². The van der Waals surface area contributed by atoms with Gasteiger partial charge in [0.2, 0.25) is 0 Å². The van der Waals surface area contributed by atoms with E-state index in [2.05, 4.69) is 15.2 Å². The van der Waals surface area contributed by atoms with E-state index in [9.17, 15) is 4.79 Å². The second-order valence-electron chi connectivity index (χ2n) is 7.91. The van der Waals surface area contributed by atoms with E-state index in [1.54, 1.807) is 11.3 Å². The van der Waals surface area contributed by atoms with E-state index in [0.717, 1.165) is 23.5 Å². The first-order valence-electron chi connectivity index (χ1n) is 10.4. The molecule has 4 rings (SSSR count). The summed E-state index contributed by atoms with van der Waals surface area (Å²) in [6.07, 6.45) is 7.35. The summed E-state index contributed by atoms with van der Waals surface area (Å²) in [7, 11) is 0. The zero-order valence-corrected chi connectivity index (χ0v) is 17.3. The summed E-state index contributed by atoms with van der Waals surface area (Å²) < 4.78 is 5.82. The van der Waals surface area contributed by atoms with Crippen LogP contribution >= 0.6 is 11.3 Å². The van der Waals surface area contributed by atoms with Crippen LogP contribution in [0.2, 0.25) is 0 Å². The molecule has 1 aliphatic carbocycles. The van der Waals surface area contributed by atoms with Crippen molar-refractivity contribution in [1.82, 2.24) is 15.2 Å². The van der Waals surface area contributed by atoms with Crippen LogP contribution in [0.3, 0.4) is 0 Å². The first kappa shape index (κ1) is 19.4. The summed E-state index contributed by atoms with van der Waals surface area (Å²) >= 11 is 1.62. The Labute approximate surface area is 171 Å². The molecular formula is C22H29N3O2S. The lowest BCUT2D eigenvalue weighted by molar-refractivity contribution is 0.0933. The van der Waals surface area contributed by atoms with Crippen LogP contribution < -0.4 is 10.1 Å². The first-order valence-corrected chi connectivity index (χ1v) is 11.2. The highest BCUT2D eigenvalue weighted by molar-refractivity contribution is 7.09. The van der Waals surface area contributed by atoms with Gasteiger partial charge in [-0.15, -0.1) is 11.3 Å². The van der Waals surface area contributed by atoms with Crippen molar-refractivity contribution in [1.29, 1.82) is 0 Å². The molecule has 0 bridgehead atoms. The Kier molecular flexibility index (Phi) is 6.27. The van der Waals surface area contributed by atoms with Crippen LogP contribution in [0, 0.1) is 6.92 Å². The van der Waals surface area contributed by atoms with E-state index in [1.807, 2.05) is 36.6 Å². The van der Waals surface area contributed by atoms with E-state index < -0.39 is 0 Å². The summed E-state index contributed by atoms with van der Waals surface area (Å²) in [6, 6.07) is 8.36. The quantitative estimate of drug-likeness (QED) is 0.792. The van der Waals surface area contributed by atoms with Crippen molar-refractivity contribution in [2.75, 3.05) is 13.1 Å². The van der Waals surface area contributed by atoms with Crippen molar-refractivity contribution in [3.8, 4) is 5.75 Å². The zero-order chi connectivity index (χ0) is 19.3. The minimum Gasteiger partial charge on any atom is -0.487 e. The maximum atomic E-state index is 12.7. The number of carbonyl (C=O) groups excluding carboxylic acids is 1. The second kappa shape index (κ2) is 9.05. The Morgan fingerprint density at radius 3 is 2.93 bits per heavy atom. The minimum atomic E-state index is -0.000697. The van der Waals surface area contributed by atoms with Crippen LogP contribution in [0.25, 0.3) is 0 Å². The van der Waals surface area contributed by atoms with E-state index in [1.165, 1.54) is 38.8 Å². The van der Waals surface area contributed by atoms with Gasteiger partial charge in [-0.3, -0.25) is 4.79 Å². The van der Waals surface area contributed by atoms with Crippen molar-refractivity contribution in [2.45, 2.75) is 64.1 Å². The van der Waals surface area contributed by atoms with Crippen LogP contribution in [0.15, 0.2) is 29.6 Å². The van der Waals surface area contributed by atoms with Gasteiger partial charge in [0.05, 0.1) is 10.7 Å². The third kappa shape index (κ3) is 4.92. The molecule has 0 unspecified atom stereocenters. The molecule has 0 spiro atoms. The number of ether oxygens (including phenoxy) is 1. The average Bonchev–Trinajstić information content (AvgIpc) is 3.36. The molecule has 1 saturated heterocycles. The van der Waals surface area contributed by atoms with Gasteiger partial charge in [0.1, 0.15) is 12.4 Å². The first-order chi connectivity index (χ1) is 13.7. The van der Waals surface area contributed by atoms with Crippen LogP contribution in [0.4, 0.5) is 0 Å². The molecule has 5 nitrogen and oxygen atoms in total. The lowest BCUT2D eigenvalue weighted by Gasteiger charge is -2.32. The summed E-state index contributed by atoms with van der Waals surface area (Å²) in [5.41, 5.74) is 1.58. The number of nitrogens with zero attached hydrogens (tertiary/aromatic N) is 2. The van der Waals surface area contributed by atoms with Gasteiger partial charge in [-0.05, 0) is 70.3 Å². The molecular weight excluding hydrogens is 370 g/mol. The maximum absolute atomic E-state index is 12.7. The molecule has 2 aliphatic rings. The van der Waals surface area contributed by atoms with Gasteiger partial charge in [-0.25, -0.2) is 4.98 Å². The predicted octanol–water partition coefficient (Wildman–Crippen LogP) is 4.17. The number of benzene rings is 1. The molecule has 1 amide bonds. The second-order valence-corrected chi connectivity index (χ2v) is 8.97. The Hall–Kier alpha value is -1.92. The third-order valence-corrected chi connectivity index (χ3v) is 6.62. The molecule has 150 valence electrons. The van der Waals surface area contributed by atoms with Gasteiger partial charge in [0.15, 0.2) is 0 Å². The van der Waals surface area contributed by atoms with Crippen molar-refractivity contribution in [3.63, 3.8) is 0 Å². The number of nitrogens with one attached hydrogen (secondary N) is 1. The number of hydrogen-bond acceptors (Lipinski definition) is 5. The molecule has 1 aromatic heterocycles. The monoisotopic (exact) mass is 399 g/mol. The fourth-order valence-electron chi connectivity index (χ4n) is 4.33. The summed E-state index contributed by atoms with van der Waals surface area (Å²) in [6.45, 7) is 4.86. The lowest BCUT2D eigenvalue weighted by Crippen LogP contribution is -2.39. The van der Waals surface area contributed by atoms with Crippen molar-refractivity contribution >= 4 is 17.2 Å². The highest BCUT2D eigenvalue weighted by Gasteiger charge is 2.30. The number of piperidine rings is 1. The van der Waals surface area contributed by atoms with E-state index >= 15 is 0 Å². The molecule has 6 heteroatoms. The number of rotatable bonds is 6. The van der Waals surface area contributed by atoms with Crippen LogP contribution in [0.1, 0.15) is 59.6 Å². The molecule has 1 saturated carbocycles. The predicted molar refractivity (Wildman–Crippen MR) is 112 cm³/mol. The topological polar surface area (TPSA) is 54.5 Å². The van der Waals surface area contributed by atoms with Crippen molar-refractivity contribution in [3.05, 3.63) is 45.9 Å². The molecule has 1 N–H and O–H groups in total. The number of aromatic nitrogens is 1. The van der Waals surface area contributed by atoms with Gasteiger partial charge >= 0.3 is 0 Å². The third-order valence-electron chi connectivity index (χ3n) is 5.80. The summed E-state index contributed by atoms with van der Waals surface area (Å²) in [5.74, 6) is 0.704. The zero-order valence-electron chi connectivity index (χ0n) is 16.5. The summed E-state index contributed by atoms with van der Waals surface area (Å²) in [4.78, 5) is 19.8. The molecule has 0 radical (unpaired) electrons. The molecule has 2 atom stereocenters. The van der Waals surface area contributed by atoms with Crippen molar-refractivity contribution in [2.24, 2.45) is 0 Å². The van der Waals surface area contributed by atoms with Crippen LogP contribution in [0.5, 0.6) is 5.75 Å². The number of amides is 1. The Morgan fingerprint density at radius 1 is 1.29 bits per heavy atom. The number of carbonyl (C=O) groups is 1. The minimum absolute atomic E-state index is 0.000697. The molecule has 1 aliphatic heterocycles. The SMILES string of the molecule is Cc1nc(COc2cccc(C(=O)N[C@@H]3CC[C@H](N4CCCCC4)C3)c2)cs1. The maximum Gasteiger partial charge on any atom is 0.251 e. The number of thiazole rings is 1. The fraction of sp³-hybridized carbons (Fsp3) is 0.545. The molecule has 2 fully saturated rings. The Bertz CT molecular complexity index is 801. The van der Waals surface area contributed by atoms with Gasteiger partial charge < -0.3 is 15.0 Å². The number of likely N-dealkylation sites (tertiary alicyclic amines) is 1. The van der Waals surface area contributed by atoms with Crippen LogP contribution in [-0.2, 0) is 6.61 Å². The average molecular weight is 400 g/mol. The van der Waals surface area contributed by atoms with E-state index in [4.69, 9.17) is 4.74 Å². The van der Waals surface area contributed by atoms with Gasteiger partial charge in [0.25, 0.3) is 5.91 Å². The van der Waals surface area contributed by atoms with Gasteiger partial charge in [0, 0.05) is 23.0 Å². The Balaban J connectivity index is 1.29. The molecule has 2 aromatic rings. The molecule has 28 heavy (non-hydrogen) atoms. The largest absolute Gasteiger partial charge is 0.487 e. The van der Waals surface area contributed by atoms with Crippen LogP contribution in [-0.4, -0.2) is 41.0 Å². The normalized spacial score (nSPS) is 22.9. The highest BCUT2D eigenvalue weighted by Crippen LogP contribution is 2.27. The van der Waals surface area contributed by atoms with E-state index in [-0.39, 0.29) is 11.9 Å². The van der Waals surface area contributed by atoms with E-state index in [0.29, 0.717) is 24.0 Å². The molecule has 2 heterocycles. The Morgan fingerprint density at radius 2 is 2.14 bits per heavy atom. The number of hydrogen-bond donors (Lipinski definition) is 1. The summed E-state index contributed by atoms with van der Waals surface area (Å²) in [5, 5.41) is 6.27. The fourth-order valence-corrected chi connectivity index (χ4v) is 4.93.